The lowest BCUT2D eigenvalue weighted by Crippen LogP contribution is -2.37. The minimum atomic E-state index is -0.304. The Morgan fingerprint density at radius 2 is 1.77 bits per heavy atom. The van der Waals surface area contributed by atoms with E-state index in [1.807, 2.05) is 61.7 Å². The number of ketones is 1. The summed E-state index contributed by atoms with van der Waals surface area (Å²) < 4.78 is 0. The lowest BCUT2D eigenvalue weighted by molar-refractivity contribution is 0.0949. The van der Waals surface area contributed by atoms with Gasteiger partial charge in [-0.25, -0.2) is 0 Å². The molecule has 130 valence electrons. The van der Waals surface area contributed by atoms with Crippen LogP contribution in [0.25, 0.3) is 10.9 Å². The van der Waals surface area contributed by atoms with Crippen LogP contribution in [0.4, 0.5) is 0 Å². The highest BCUT2D eigenvalue weighted by Gasteiger charge is 2.23. The number of carbonyl (C=O) groups excluding carboxylic acids is 1. The number of fused-ring (bicyclic) bond motifs is 1. The fraction of sp³-hybridized carbons (Fsp3) is 0.136. The highest BCUT2D eigenvalue weighted by atomic mass is 32.1. The van der Waals surface area contributed by atoms with Crippen molar-refractivity contribution in [1.29, 1.82) is 0 Å². The zero-order valence-corrected chi connectivity index (χ0v) is 15.3. The molecular weight excluding hydrogens is 340 g/mol. The molecule has 4 rings (SSSR count). The number of nitrogens with one attached hydrogen (secondary N) is 2. The topological polar surface area (TPSA) is 44.9 Å². The molecule has 3 nitrogen and oxygen atoms in total. The summed E-state index contributed by atoms with van der Waals surface area (Å²) in [5.74, 6) is 0.0972. The number of para-hydroxylation sites is 1. The molecule has 4 aromatic rings. The van der Waals surface area contributed by atoms with Crippen molar-refractivity contribution in [3.8, 4) is 0 Å². The standard InChI is InChI=1S/C22H20N2OS/c1-15(22(25)18-14-23-19-11-6-5-10-17(18)19)24-21(20-12-7-13-26-20)16-8-3-2-4-9-16/h2-15,21,23-24H,1H3/t15-,21+/m1/s1. The zero-order valence-electron chi connectivity index (χ0n) is 14.5. The summed E-state index contributed by atoms with van der Waals surface area (Å²) in [4.78, 5) is 17.5. The zero-order chi connectivity index (χ0) is 17.9. The van der Waals surface area contributed by atoms with Crippen molar-refractivity contribution >= 4 is 28.0 Å². The Labute approximate surface area is 156 Å². The maximum atomic E-state index is 13.1. The van der Waals surface area contributed by atoms with Gasteiger partial charge >= 0.3 is 0 Å². The number of Topliss-reactive ketones (excluding diaryl/α,β-unsaturated/α-hetero) is 1. The first-order chi connectivity index (χ1) is 12.7. The molecule has 4 heteroatoms. The SMILES string of the molecule is C[C@@H](N[C@@H](c1ccccc1)c1cccs1)C(=O)c1c[nH]c2ccccc12. The molecule has 2 atom stereocenters. The number of hydrogen-bond donors (Lipinski definition) is 2. The number of aromatic nitrogens is 1. The van der Waals surface area contributed by atoms with Gasteiger partial charge in [0.15, 0.2) is 5.78 Å². The predicted molar refractivity (Wildman–Crippen MR) is 108 cm³/mol. The second kappa shape index (κ2) is 7.28. The number of benzene rings is 2. The van der Waals surface area contributed by atoms with Crippen LogP contribution >= 0.6 is 11.3 Å². The summed E-state index contributed by atoms with van der Waals surface area (Å²) in [6.07, 6.45) is 1.81. The fourth-order valence-electron chi connectivity index (χ4n) is 3.28. The van der Waals surface area contributed by atoms with Gasteiger partial charge in [-0.3, -0.25) is 10.1 Å². The van der Waals surface area contributed by atoms with Crippen LogP contribution in [0.3, 0.4) is 0 Å². The summed E-state index contributed by atoms with van der Waals surface area (Å²) in [5, 5.41) is 6.57. The third-order valence-electron chi connectivity index (χ3n) is 4.63. The molecule has 2 aromatic heterocycles. The van der Waals surface area contributed by atoms with E-state index in [0.717, 1.165) is 22.0 Å². The molecule has 0 saturated carbocycles. The monoisotopic (exact) mass is 360 g/mol. The number of H-pyrrole nitrogens is 1. The molecule has 0 radical (unpaired) electrons. The van der Waals surface area contributed by atoms with Crippen molar-refractivity contribution in [3.63, 3.8) is 0 Å². The number of thiophene rings is 1. The smallest absolute Gasteiger partial charge is 0.181 e. The third-order valence-corrected chi connectivity index (χ3v) is 5.56. The van der Waals surface area contributed by atoms with Gasteiger partial charge in [0.25, 0.3) is 0 Å². The molecule has 0 fully saturated rings. The van der Waals surface area contributed by atoms with E-state index in [-0.39, 0.29) is 17.9 Å². The van der Waals surface area contributed by atoms with E-state index >= 15 is 0 Å². The molecule has 2 aromatic carbocycles. The Morgan fingerprint density at radius 3 is 2.54 bits per heavy atom. The quantitative estimate of drug-likeness (QED) is 0.465. The predicted octanol–water partition coefficient (Wildman–Crippen LogP) is 5.18. The van der Waals surface area contributed by atoms with E-state index in [9.17, 15) is 4.79 Å². The second-order valence-corrected chi connectivity index (χ2v) is 7.34. The first kappa shape index (κ1) is 16.8. The first-order valence-electron chi connectivity index (χ1n) is 8.69. The van der Waals surface area contributed by atoms with Crippen LogP contribution in [-0.2, 0) is 0 Å². The minimum absolute atomic E-state index is 0.000330. The number of aromatic amines is 1. The second-order valence-electron chi connectivity index (χ2n) is 6.36. The van der Waals surface area contributed by atoms with E-state index in [0.29, 0.717) is 0 Å². The molecule has 26 heavy (non-hydrogen) atoms. The van der Waals surface area contributed by atoms with Crippen molar-refractivity contribution in [1.82, 2.24) is 10.3 Å². The average Bonchev–Trinajstić information content (AvgIpc) is 3.36. The number of rotatable bonds is 6. The van der Waals surface area contributed by atoms with Gasteiger partial charge in [0.05, 0.1) is 12.1 Å². The molecule has 0 spiro atoms. The summed E-state index contributed by atoms with van der Waals surface area (Å²) in [6, 6.07) is 22.0. The molecule has 0 aliphatic heterocycles. The molecule has 0 saturated heterocycles. The lowest BCUT2D eigenvalue weighted by Gasteiger charge is -2.22. The Kier molecular flexibility index (Phi) is 4.69. The van der Waals surface area contributed by atoms with Gasteiger partial charge in [-0.05, 0) is 30.0 Å². The van der Waals surface area contributed by atoms with Crippen molar-refractivity contribution in [2.45, 2.75) is 19.0 Å². The average molecular weight is 360 g/mol. The first-order valence-corrected chi connectivity index (χ1v) is 9.57. The van der Waals surface area contributed by atoms with Crippen LogP contribution in [0.5, 0.6) is 0 Å². The summed E-state index contributed by atoms with van der Waals surface area (Å²) in [7, 11) is 0. The van der Waals surface area contributed by atoms with E-state index in [4.69, 9.17) is 0 Å². The fourth-order valence-corrected chi connectivity index (χ4v) is 4.09. The molecule has 2 heterocycles. The van der Waals surface area contributed by atoms with Crippen molar-refractivity contribution < 1.29 is 4.79 Å². The van der Waals surface area contributed by atoms with Crippen molar-refractivity contribution in [2.24, 2.45) is 0 Å². The van der Waals surface area contributed by atoms with Crippen LogP contribution in [-0.4, -0.2) is 16.8 Å². The van der Waals surface area contributed by atoms with Crippen molar-refractivity contribution in [3.05, 3.63) is 94.3 Å². The summed E-state index contributed by atoms with van der Waals surface area (Å²) >= 11 is 1.70. The largest absolute Gasteiger partial charge is 0.360 e. The Balaban J connectivity index is 1.62. The van der Waals surface area contributed by atoms with E-state index in [2.05, 4.69) is 33.9 Å². The van der Waals surface area contributed by atoms with Crippen LogP contribution < -0.4 is 5.32 Å². The lowest BCUT2D eigenvalue weighted by atomic mass is 10.0. The third kappa shape index (κ3) is 3.21. The molecular formula is C22H20N2OS. The van der Waals surface area contributed by atoms with E-state index < -0.39 is 0 Å². The maximum Gasteiger partial charge on any atom is 0.181 e. The molecule has 0 aliphatic carbocycles. The molecule has 0 aliphatic rings. The van der Waals surface area contributed by atoms with Crippen LogP contribution in [0.1, 0.15) is 33.8 Å². The van der Waals surface area contributed by atoms with E-state index in [1.165, 1.54) is 4.88 Å². The van der Waals surface area contributed by atoms with Crippen LogP contribution in [0.2, 0.25) is 0 Å². The minimum Gasteiger partial charge on any atom is -0.360 e. The van der Waals surface area contributed by atoms with Gasteiger partial charge in [0.1, 0.15) is 0 Å². The normalized spacial score (nSPS) is 13.6. The van der Waals surface area contributed by atoms with Gasteiger partial charge in [0, 0.05) is 27.5 Å². The molecule has 0 amide bonds. The number of carbonyl (C=O) groups is 1. The van der Waals surface area contributed by atoms with Gasteiger partial charge < -0.3 is 4.98 Å². The van der Waals surface area contributed by atoms with Crippen LogP contribution in [0, 0.1) is 0 Å². The molecule has 0 unspecified atom stereocenters. The van der Waals surface area contributed by atoms with Gasteiger partial charge in [-0.15, -0.1) is 11.3 Å². The molecule has 0 bridgehead atoms. The van der Waals surface area contributed by atoms with E-state index in [1.54, 1.807) is 11.3 Å². The highest BCUT2D eigenvalue weighted by molar-refractivity contribution is 7.10. The van der Waals surface area contributed by atoms with Crippen LogP contribution in [0.15, 0.2) is 78.3 Å². The Bertz CT molecular complexity index is 1010. The molecule has 2 N–H and O–H groups in total. The van der Waals surface area contributed by atoms with Gasteiger partial charge in [0.2, 0.25) is 0 Å². The van der Waals surface area contributed by atoms with Gasteiger partial charge in [-0.2, -0.15) is 0 Å². The number of hydrogen-bond acceptors (Lipinski definition) is 3. The summed E-state index contributed by atoms with van der Waals surface area (Å²) in [6.45, 7) is 1.94. The van der Waals surface area contributed by atoms with Gasteiger partial charge in [-0.1, -0.05) is 54.6 Å². The highest BCUT2D eigenvalue weighted by Crippen LogP contribution is 2.27. The Hall–Kier alpha value is -2.69. The summed E-state index contributed by atoms with van der Waals surface area (Å²) in [5.41, 5.74) is 2.88. The Morgan fingerprint density at radius 1 is 1.00 bits per heavy atom. The maximum absolute atomic E-state index is 13.1. The van der Waals surface area contributed by atoms with Crippen molar-refractivity contribution in [2.75, 3.05) is 0 Å².